The molecule has 2 rings (SSSR count). The number of benzene rings is 1. The van der Waals surface area contributed by atoms with E-state index in [-0.39, 0.29) is 18.4 Å². The molecule has 5 heteroatoms. The Balaban J connectivity index is 2.19. The molecule has 1 aliphatic rings. The third-order valence-corrected chi connectivity index (χ3v) is 3.72. The Labute approximate surface area is 117 Å². The lowest BCUT2D eigenvalue weighted by molar-refractivity contribution is -0.142. The summed E-state index contributed by atoms with van der Waals surface area (Å²) in [4.78, 5) is 25.0. The zero-order chi connectivity index (χ0) is 14.2. The number of halogens is 1. The Hall–Kier alpha value is -1.55. The molecule has 2 atom stereocenters. The Kier molecular flexibility index (Phi) is 3.80. The van der Waals surface area contributed by atoms with Crippen LogP contribution in [0.5, 0.6) is 0 Å². The smallest absolute Gasteiger partial charge is 0.308 e. The molecule has 1 heterocycles. The lowest BCUT2D eigenvalue weighted by Gasteiger charge is -2.16. The van der Waals surface area contributed by atoms with Crippen LogP contribution in [-0.4, -0.2) is 35.0 Å². The SMILES string of the molecule is Cc1cc(Cl)cc(C(=O)N2CC(C)C(C(=O)O)C2)c1. The number of hydrogen-bond acceptors (Lipinski definition) is 2. The molecule has 0 aromatic heterocycles. The van der Waals surface area contributed by atoms with Crippen molar-refractivity contribution in [3.63, 3.8) is 0 Å². The molecule has 0 bridgehead atoms. The van der Waals surface area contributed by atoms with Gasteiger partial charge in [0.2, 0.25) is 0 Å². The van der Waals surface area contributed by atoms with E-state index in [1.807, 2.05) is 13.8 Å². The van der Waals surface area contributed by atoms with Gasteiger partial charge in [0, 0.05) is 23.7 Å². The lowest BCUT2D eigenvalue weighted by atomic mass is 9.99. The Morgan fingerprint density at radius 3 is 2.53 bits per heavy atom. The Morgan fingerprint density at radius 2 is 2.00 bits per heavy atom. The first kappa shape index (κ1) is 13.9. The number of aryl methyl sites for hydroxylation is 1. The highest BCUT2D eigenvalue weighted by atomic mass is 35.5. The topological polar surface area (TPSA) is 57.6 Å². The maximum atomic E-state index is 12.3. The zero-order valence-electron chi connectivity index (χ0n) is 10.9. The van der Waals surface area contributed by atoms with Crippen molar-refractivity contribution in [2.24, 2.45) is 11.8 Å². The quantitative estimate of drug-likeness (QED) is 0.906. The van der Waals surface area contributed by atoms with Gasteiger partial charge >= 0.3 is 5.97 Å². The third-order valence-electron chi connectivity index (χ3n) is 3.51. The van der Waals surface area contributed by atoms with Crippen molar-refractivity contribution < 1.29 is 14.7 Å². The summed E-state index contributed by atoms with van der Waals surface area (Å²) in [5.74, 6) is -1.50. The predicted octanol–water partition coefficient (Wildman–Crippen LogP) is 2.44. The van der Waals surface area contributed by atoms with Crippen LogP contribution in [0.2, 0.25) is 5.02 Å². The van der Waals surface area contributed by atoms with E-state index in [0.717, 1.165) is 5.56 Å². The van der Waals surface area contributed by atoms with Crippen molar-refractivity contribution in [2.45, 2.75) is 13.8 Å². The standard InChI is InChI=1S/C14H16ClNO3/c1-8-3-10(5-11(15)4-8)13(17)16-6-9(2)12(7-16)14(18)19/h3-5,9,12H,6-7H2,1-2H3,(H,18,19). The highest BCUT2D eigenvalue weighted by Gasteiger charge is 2.37. The van der Waals surface area contributed by atoms with Crippen LogP contribution in [0.25, 0.3) is 0 Å². The van der Waals surface area contributed by atoms with Gasteiger partial charge in [-0.15, -0.1) is 0 Å². The fraction of sp³-hybridized carbons (Fsp3) is 0.429. The zero-order valence-corrected chi connectivity index (χ0v) is 11.6. The summed E-state index contributed by atoms with van der Waals surface area (Å²) >= 11 is 5.94. The highest BCUT2D eigenvalue weighted by molar-refractivity contribution is 6.31. The second kappa shape index (κ2) is 5.21. The number of hydrogen-bond donors (Lipinski definition) is 1. The predicted molar refractivity (Wildman–Crippen MR) is 72.4 cm³/mol. The van der Waals surface area contributed by atoms with Crippen molar-refractivity contribution in [2.75, 3.05) is 13.1 Å². The van der Waals surface area contributed by atoms with E-state index >= 15 is 0 Å². The number of carboxylic acid groups (broad SMARTS) is 1. The monoisotopic (exact) mass is 281 g/mol. The summed E-state index contributed by atoms with van der Waals surface area (Å²) in [5.41, 5.74) is 1.43. The Morgan fingerprint density at radius 1 is 1.32 bits per heavy atom. The van der Waals surface area contributed by atoms with Gasteiger partial charge in [-0.3, -0.25) is 9.59 Å². The molecular formula is C14H16ClNO3. The number of nitrogens with zero attached hydrogens (tertiary/aromatic N) is 1. The first-order chi connectivity index (χ1) is 8.88. The van der Waals surface area contributed by atoms with E-state index in [2.05, 4.69) is 0 Å². The van der Waals surface area contributed by atoms with Crippen molar-refractivity contribution in [1.82, 2.24) is 4.90 Å². The second-order valence-corrected chi connectivity index (χ2v) is 5.59. The summed E-state index contributed by atoms with van der Waals surface area (Å²) < 4.78 is 0. The van der Waals surface area contributed by atoms with E-state index < -0.39 is 11.9 Å². The molecule has 1 aromatic rings. The number of likely N-dealkylation sites (tertiary alicyclic amines) is 1. The molecule has 4 nitrogen and oxygen atoms in total. The molecule has 102 valence electrons. The fourth-order valence-corrected chi connectivity index (χ4v) is 2.79. The molecule has 1 N–H and O–H groups in total. The minimum atomic E-state index is -0.843. The van der Waals surface area contributed by atoms with E-state index in [9.17, 15) is 9.59 Å². The van der Waals surface area contributed by atoms with Crippen molar-refractivity contribution in [1.29, 1.82) is 0 Å². The number of aliphatic carboxylic acids is 1. The van der Waals surface area contributed by atoms with E-state index in [4.69, 9.17) is 16.7 Å². The average molecular weight is 282 g/mol. The molecule has 1 amide bonds. The summed E-state index contributed by atoms with van der Waals surface area (Å²) in [6.07, 6.45) is 0. The van der Waals surface area contributed by atoms with Crippen LogP contribution in [-0.2, 0) is 4.79 Å². The molecule has 2 unspecified atom stereocenters. The maximum absolute atomic E-state index is 12.3. The van der Waals surface area contributed by atoms with E-state index in [1.54, 1.807) is 23.1 Å². The summed E-state index contributed by atoms with van der Waals surface area (Å²) in [6.45, 7) is 4.47. The molecule has 1 aromatic carbocycles. The van der Waals surface area contributed by atoms with Gasteiger partial charge in [-0.05, 0) is 36.6 Å². The molecule has 19 heavy (non-hydrogen) atoms. The van der Waals surface area contributed by atoms with Gasteiger partial charge in [-0.25, -0.2) is 0 Å². The second-order valence-electron chi connectivity index (χ2n) is 5.15. The van der Waals surface area contributed by atoms with Crippen molar-refractivity contribution in [3.8, 4) is 0 Å². The van der Waals surface area contributed by atoms with E-state index in [1.165, 1.54) is 0 Å². The van der Waals surface area contributed by atoms with Crippen LogP contribution in [0.4, 0.5) is 0 Å². The largest absolute Gasteiger partial charge is 0.481 e. The van der Waals surface area contributed by atoms with Gasteiger partial charge in [-0.1, -0.05) is 18.5 Å². The van der Waals surface area contributed by atoms with Gasteiger partial charge in [0.1, 0.15) is 0 Å². The molecule has 1 fully saturated rings. The van der Waals surface area contributed by atoms with Crippen LogP contribution in [0.3, 0.4) is 0 Å². The number of carboxylic acids is 1. The van der Waals surface area contributed by atoms with Crippen LogP contribution in [0.1, 0.15) is 22.8 Å². The molecule has 0 aliphatic carbocycles. The molecule has 0 saturated carbocycles. The highest BCUT2D eigenvalue weighted by Crippen LogP contribution is 2.25. The van der Waals surface area contributed by atoms with Gasteiger partial charge < -0.3 is 10.0 Å². The average Bonchev–Trinajstić information content (AvgIpc) is 2.69. The third kappa shape index (κ3) is 2.89. The van der Waals surface area contributed by atoms with E-state index in [0.29, 0.717) is 17.1 Å². The van der Waals surface area contributed by atoms with Gasteiger partial charge in [0.05, 0.1) is 5.92 Å². The molecule has 0 radical (unpaired) electrons. The Bertz CT molecular complexity index is 509. The molecule has 1 saturated heterocycles. The minimum Gasteiger partial charge on any atom is -0.481 e. The molecule has 0 spiro atoms. The van der Waals surface area contributed by atoms with Gasteiger partial charge in [0.15, 0.2) is 0 Å². The normalized spacial score (nSPS) is 22.6. The molecule has 1 aliphatic heterocycles. The number of amides is 1. The van der Waals surface area contributed by atoms with Crippen LogP contribution >= 0.6 is 11.6 Å². The van der Waals surface area contributed by atoms with Crippen LogP contribution in [0.15, 0.2) is 18.2 Å². The lowest BCUT2D eigenvalue weighted by Crippen LogP contribution is -2.30. The van der Waals surface area contributed by atoms with Crippen molar-refractivity contribution >= 4 is 23.5 Å². The maximum Gasteiger partial charge on any atom is 0.308 e. The fourth-order valence-electron chi connectivity index (χ4n) is 2.50. The van der Waals surface area contributed by atoms with Crippen molar-refractivity contribution in [3.05, 3.63) is 34.3 Å². The first-order valence-electron chi connectivity index (χ1n) is 6.17. The summed E-state index contributed by atoms with van der Waals surface area (Å²) in [6, 6.07) is 5.17. The summed E-state index contributed by atoms with van der Waals surface area (Å²) in [5, 5.41) is 9.60. The molecular weight excluding hydrogens is 266 g/mol. The van der Waals surface area contributed by atoms with Crippen LogP contribution in [0, 0.1) is 18.8 Å². The van der Waals surface area contributed by atoms with Gasteiger partial charge in [0.25, 0.3) is 5.91 Å². The number of rotatable bonds is 2. The van der Waals surface area contributed by atoms with Gasteiger partial charge in [-0.2, -0.15) is 0 Å². The number of carbonyl (C=O) groups is 2. The minimum absolute atomic E-state index is 0.0262. The summed E-state index contributed by atoms with van der Waals surface area (Å²) in [7, 11) is 0. The van der Waals surface area contributed by atoms with Crippen LogP contribution < -0.4 is 0 Å². The number of carbonyl (C=O) groups excluding carboxylic acids is 1. The first-order valence-corrected chi connectivity index (χ1v) is 6.55.